The Kier molecular flexibility index (Phi) is 5.47. The molecule has 2 aromatic carbocycles. The topological polar surface area (TPSA) is 53.4 Å². The Morgan fingerprint density at radius 1 is 1.07 bits per heavy atom. The lowest BCUT2D eigenvalue weighted by Crippen LogP contribution is -2.25. The predicted molar refractivity (Wildman–Crippen MR) is 118 cm³/mol. The quantitative estimate of drug-likeness (QED) is 0.463. The largest absolute Gasteiger partial charge is 0.497 e. The van der Waals surface area contributed by atoms with Gasteiger partial charge in [0.05, 0.1) is 25.6 Å². The van der Waals surface area contributed by atoms with Crippen molar-refractivity contribution in [3.63, 3.8) is 0 Å². The first-order valence-electron chi connectivity index (χ1n) is 9.35. The number of ether oxygens (including phenoxy) is 2. The normalized spacial score (nSPS) is 11.1. The van der Waals surface area contributed by atoms with Crippen LogP contribution in [0, 0.1) is 6.92 Å². The number of methoxy groups -OCH3 is 2. The Morgan fingerprint density at radius 2 is 1.86 bits per heavy atom. The van der Waals surface area contributed by atoms with Crippen LogP contribution in [-0.2, 0) is 11.3 Å². The molecule has 0 atom stereocenters. The molecule has 4 rings (SSSR count). The van der Waals surface area contributed by atoms with E-state index in [9.17, 15) is 4.79 Å². The summed E-state index contributed by atoms with van der Waals surface area (Å²) in [5, 5.41) is 2.63. The van der Waals surface area contributed by atoms with Gasteiger partial charge in [-0.15, -0.1) is 11.3 Å². The first-order chi connectivity index (χ1) is 14.1. The summed E-state index contributed by atoms with van der Waals surface area (Å²) in [5.74, 6) is 1.42. The number of fused-ring (bicyclic) bond motifs is 1. The molecule has 0 aliphatic heterocycles. The van der Waals surface area contributed by atoms with Crippen LogP contribution in [0.2, 0.25) is 0 Å². The molecule has 5 nitrogen and oxygen atoms in total. The molecular formula is C23H22N2O3S. The molecule has 0 aliphatic rings. The molecule has 0 saturated carbocycles. The number of benzene rings is 2. The molecule has 2 heterocycles. The van der Waals surface area contributed by atoms with Gasteiger partial charge >= 0.3 is 0 Å². The number of aromatic nitrogens is 2. The van der Waals surface area contributed by atoms with Crippen LogP contribution in [0.4, 0.5) is 0 Å². The summed E-state index contributed by atoms with van der Waals surface area (Å²) in [6.45, 7) is 2.91. The van der Waals surface area contributed by atoms with Gasteiger partial charge in [0.1, 0.15) is 16.4 Å². The third-order valence-corrected chi connectivity index (χ3v) is 5.78. The van der Waals surface area contributed by atoms with Crippen LogP contribution in [-0.4, -0.2) is 30.4 Å². The zero-order chi connectivity index (χ0) is 20.4. The van der Waals surface area contributed by atoms with Crippen molar-refractivity contribution in [2.45, 2.75) is 13.5 Å². The Bertz CT molecular complexity index is 1210. The number of thiophene rings is 1. The lowest BCUT2D eigenvalue weighted by atomic mass is 10.1. The van der Waals surface area contributed by atoms with E-state index in [1.807, 2.05) is 60.8 Å². The van der Waals surface area contributed by atoms with Gasteiger partial charge in [-0.2, -0.15) is 0 Å². The van der Waals surface area contributed by atoms with Crippen molar-refractivity contribution < 1.29 is 9.47 Å². The van der Waals surface area contributed by atoms with E-state index >= 15 is 0 Å². The molecule has 29 heavy (non-hydrogen) atoms. The molecule has 0 fully saturated rings. The van der Waals surface area contributed by atoms with Crippen LogP contribution in [0.3, 0.4) is 0 Å². The molecule has 0 radical (unpaired) electrons. The second kappa shape index (κ2) is 8.19. The van der Waals surface area contributed by atoms with Crippen molar-refractivity contribution in [2.75, 3.05) is 20.8 Å². The molecule has 2 aromatic heterocycles. The molecule has 0 saturated heterocycles. The summed E-state index contributed by atoms with van der Waals surface area (Å²) >= 11 is 1.48. The van der Waals surface area contributed by atoms with E-state index < -0.39 is 0 Å². The fourth-order valence-electron chi connectivity index (χ4n) is 3.34. The second-order valence-electron chi connectivity index (χ2n) is 6.81. The van der Waals surface area contributed by atoms with Crippen molar-refractivity contribution in [3.05, 3.63) is 69.8 Å². The highest BCUT2D eigenvalue weighted by Crippen LogP contribution is 2.33. The van der Waals surface area contributed by atoms with Gasteiger partial charge in [0.25, 0.3) is 5.56 Å². The Balaban J connectivity index is 1.95. The van der Waals surface area contributed by atoms with E-state index in [0.29, 0.717) is 24.4 Å². The molecule has 0 amide bonds. The van der Waals surface area contributed by atoms with E-state index in [1.54, 1.807) is 18.8 Å². The van der Waals surface area contributed by atoms with E-state index in [-0.39, 0.29) is 5.56 Å². The lowest BCUT2D eigenvalue weighted by Gasteiger charge is -2.13. The van der Waals surface area contributed by atoms with Crippen LogP contribution >= 0.6 is 11.3 Å². The lowest BCUT2D eigenvalue weighted by molar-refractivity contribution is 0.186. The zero-order valence-corrected chi connectivity index (χ0v) is 17.5. The Hall–Kier alpha value is -2.96. The minimum absolute atomic E-state index is 0.0540. The number of rotatable bonds is 6. The van der Waals surface area contributed by atoms with Crippen molar-refractivity contribution >= 4 is 21.6 Å². The van der Waals surface area contributed by atoms with Crippen molar-refractivity contribution in [1.29, 1.82) is 0 Å². The Labute approximate surface area is 173 Å². The highest BCUT2D eigenvalue weighted by atomic mass is 32.1. The van der Waals surface area contributed by atoms with Crippen molar-refractivity contribution in [1.82, 2.24) is 9.55 Å². The van der Waals surface area contributed by atoms with E-state index in [4.69, 9.17) is 14.5 Å². The SMILES string of the molecule is COCCn1c(-c2ccc(C)cc2)nc2scc(-c3cccc(OC)c3)c2c1=O. The highest BCUT2D eigenvalue weighted by Gasteiger charge is 2.18. The van der Waals surface area contributed by atoms with Gasteiger partial charge in [-0.25, -0.2) is 4.98 Å². The first kappa shape index (κ1) is 19.4. The zero-order valence-electron chi connectivity index (χ0n) is 16.6. The smallest absolute Gasteiger partial charge is 0.263 e. The Morgan fingerprint density at radius 3 is 2.59 bits per heavy atom. The van der Waals surface area contributed by atoms with E-state index in [1.165, 1.54) is 11.3 Å². The third kappa shape index (κ3) is 3.69. The fraction of sp³-hybridized carbons (Fsp3) is 0.217. The average molecular weight is 407 g/mol. The monoisotopic (exact) mass is 406 g/mol. The molecule has 0 aliphatic carbocycles. The summed E-state index contributed by atoms with van der Waals surface area (Å²) in [6.07, 6.45) is 0. The van der Waals surface area contributed by atoms with Gasteiger partial charge in [-0.05, 0) is 24.6 Å². The predicted octanol–water partition coefficient (Wildman–Crippen LogP) is 4.76. The second-order valence-corrected chi connectivity index (χ2v) is 7.67. The number of hydrogen-bond donors (Lipinski definition) is 0. The van der Waals surface area contributed by atoms with E-state index in [2.05, 4.69) is 0 Å². The molecule has 148 valence electrons. The van der Waals surface area contributed by atoms with Crippen LogP contribution in [0.1, 0.15) is 5.56 Å². The summed E-state index contributed by atoms with van der Waals surface area (Å²) in [5.41, 5.74) is 3.85. The average Bonchev–Trinajstić information content (AvgIpc) is 3.18. The standard InChI is InChI=1S/C23H22N2O3S/c1-15-7-9-16(10-8-15)21-24-22-20(23(26)25(21)11-12-27-2)19(14-29-22)17-5-4-6-18(13-17)28-3/h4-10,13-14H,11-12H2,1-3H3. The van der Waals surface area contributed by atoms with Gasteiger partial charge in [-0.3, -0.25) is 9.36 Å². The van der Waals surface area contributed by atoms with Gasteiger partial charge in [0.2, 0.25) is 0 Å². The minimum atomic E-state index is -0.0540. The third-order valence-electron chi connectivity index (χ3n) is 4.90. The molecule has 4 aromatic rings. The molecule has 0 N–H and O–H groups in total. The molecule has 0 spiro atoms. The number of aryl methyl sites for hydroxylation is 1. The van der Waals surface area contributed by atoms with E-state index in [0.717, 1.165) is 32.8 Å². The van der Waals surface area contributed by atoms with Crippen LogP contribution in [0.15, 0.2) is 58.7 Å². The first-order valence-corrected chi connectivity index (χ1v) is 10.2. The molecule has 0 unspecified atom stereocenters. The van der Waals surface area contributed by atoms with Crippen molar-refractivity contribution in [2.24, 2.45) is 0 Å². The number of nitrogens with zero attached hydrogens (tertiary/aromatic N) is 2. The van der Waals surface area contributed by atoms with Crippen molar-refractivity contribution in [3.8, 4) is 28.3 Å². The molecule has 6 heteroatoms. The maximum Gasteiger partial charge on any atom is 0.263 e. The number of hydrogen-bond acceptors (Lipinski definition) is 5. The maximum atomic E-state index is 13.5. The van der Waals surface area contributed by atoms with Crippen LogP contribution in [0.25, 0.3) is 32.7 Å². The van der Waals surface area contributed by atoms with Gasteiger partial charge in [0, 0.05) is 23.6 Å². The van der Waals surface area contributed by atoms with Crippen LogP contribution in [0.5, 0.6) is 5.75 Å². The summed E-state index contributed by atoms with van der Waals surface area (Å²) in [4.78, 5) is 19.2. The summed E-state index contributed by atoms with van der Waals surface area (Å²) < 4.78 is 12.3. The van der Waals surface area contributed by atoms with Gasteiger partial charge < -0.3 is 9.47 Å². The minimum Gasteiger partial charge on any atom is -0.497 e. The molecule has 0 bridgehead atoms. The maximum absolute atomic E-state index is 13.5. The molecular weight excluding hydrogens is 384 g/mol. The van der Waals surface area contributed by atoms with Crippen LogP contribution < -0.4 is 10.3 Å². The summed E-state index contributed by atoms with van der Waals surface area (Å²) in [6, 6.07) is 15.8. The van der Waals surface area contributed by atoms with Gasteiger partial charge in [-0.1, -0.05) is 42.0 Å². The summed E-state index contributed by atoms with van der Waals surface area (Å²) in [7, 11) is 3.27. The fourth-order valence-corrected chi connectivity index (χ4v) is 4.28. The highest BCUT2D eigenvalue weighted by molar-refractivity contribution is 7.17. The van der Waals surface area contributed by atoms with Gasteiger partial charge in [0.15, 0.2) is 0 Å².